The fourth-order valence-electron chi connectivity index (χ4n) is 4.12. The van der Waals surface area contributed by atoms with E-state index in [1.54, 1.807) is 0 Å². The molecule has 1 amide bonds. The monoisotopic (exact) mass is 410 g/mol. The quantitative estimate of drug-likeness (QED) is 0.518. The highest BCUT2D eigenvalue weighted by molar-refractivity contribution is 7.80. The number of benzene rings is 1. The van der Waals surface area contributed by atoms with Gasteiger partial charge in [-0.2, -0.15) is 5.10 Å². The first-order valence-electron chi connectivity index (χ1n) is 10.2. The lowest BCUT2D eigenvalue weighted by Gasteiger charge is -2.14. The van der Waals surface area contributed by atoms with Crippen molar-refractivity contribution in [2.24, 2.45) is 5.10 Å². The van der Waals surface area contributed by atoms with Crippen molar-refractivity contribution in [1.82, 2.24) is 10.7 Å². The zero-order valence-electron chi connectivity index (χ0n) is 16.6. The van der Waals surface area contributed by atoms with Crippen LogP contribution in [0.25, 0.3) is 0 Å². The van der Waals surface area contributed by atoms with Gasteiger partial charge in [0.2, 0.25) is 0 Å². The van der Waals surface area contributed by atoms with Gasteiger partial charge in [0.25, 0.3) is 5.91 Å². The summed E-state index contributed by atoms with van der Waals surface area (Å²) in [6.45, 7) is 1.94. The van der Waals surface area contributed by atoms with Crippen LogP contribution in [0.3, 0.4) is 0 Å². The van der Waals surface area contributed by atoms with Crippen LogP contribution in [0.2, 0.25) is 0 Å². The smallest absolute Gasteiger partial charge is 0.287 e. The van der Waals surface area contributed by atoms with E-state index in [1.807, 2.05) is 37.3 Å². The number of carbonyl (C=O) groups is 1. The second-order valence-electron chi connectivity index (χ2n) is 7.65. The molecule has 1 aromatic heterocycles. The molecule has 2 aromatic rings. The van der Waals surface area contributed by atoms with E-state index >= 15 is 0 Å². The Hall–Kier alpha value is -2.67. The molecule has 1 heterocycles. The van der Waals surface area contributed by atoms with Gasteiger partial charge in [-0.1, -0.05) is 31.0 Å². The van der Waals surface area contributed by atoms with E-state index in [1.165, 1.54) is 12.8 Å². The molecular formula is C22H26N4O2S. The van der Waals surface area contributed by atoms with Crippen LogP contribution in [0.4, 0.5) is 5.69 Å². The van der Waals surface area contributed by atoms with Crippen LogP contribution in [0.1, 0.15) is 66.0 Å². The average molecular weight is 411 g/mol. The minimum Gasteiger partial charge on any atom is -0.455 e. The Labute approximate surface area is 176 Å². The number of nitrogens with zero attached hydrogens (tertiary/aromatic N) is 1. The Bertz CT molecular complexity index is 930. The Balaban J connectivity index is 1.48. The van der Waals surface area contributed by atoms with Crippen LogP contribution in [0, 0.1) is 6.92 Å². The minimum absolute atomic E-state index is 0.114. The molecule has 0 spiro atoms. The molecule has 0 radical (unpaired) electrons. The summed E-state index contributed by atoms with van der Waals surface area (Å²) in [5.41, 5.74) is 6.52. The minimum atomic E-state index is -0.114. The van der Waals surface area contributed by atoms with Crippen LogP contribution < -0.4 is 16.1 Å². The summed E-state index contributed by atoms with van der Waals surface area (Å²) in [5, 5.41) is 11.2. The van der Waals surface area contributed by atoms with Gasteiger partial charge in [0.05, 0.1) is 5.71 Å². The number of amides is 1. The predicted octanol–water partition coefficient (Wildman–Crippen LogP) is 4.29. The van der Waals surface area contributed by atoms with Gasteiger partial charge >= 0.3 is 0 Å². The number of hydrogen-bond donors (Lipinski definition) is 3. The first-order valence-corrected chi connectivity index (χ1v) is 10.6. The van der Waals surface area contributed by atoms with Crippen molar-refractivity contribution in [3.63, 3.8) is 0 Å². The molecule has 0 unspecified atom stereocenters. The first-order chi connectivity index (χ1) is 14.1. The number of rotatable bonds is 4. The third-order valence-electron chi connectivity index (χ3n) is 5.55. The maximum Gasteiger partial charge on any atom is 0.287 e. The molecule has 0 aliphatic heterocycles. The summed E-state index contributed by atoms with van der Waals surface area (Å²) >= 11 is 5.35. The van der Waals surface area contributed by atoms with E-state index in [2.05, 4.69) is 21.2 Å². The number of fused-ring (bicyclic) bond motifs is 1. The lowest BCUT2D eigenvalue weighted by molar-refractivity contribution is 0.0907. The molecule has 3 N–H and O–H groups in total. The SMILES string of the molecule is Cc1c(C(=O)NC2CCCC2)oc2c1/C(=N/NC(=S)Nc1ccccc1)CCC2. The summed E-state index contributed by atoms with van der Waals surface area (Å²) in [5.74, 6) is 1.15. The topological polar surface area (TPSA) is 78.7 Å². The highest BCUT2D eigenvalue weighted by Crippen LogP contribution is 2.30. The maximum atomic E-state index is 12.7. The normalized spacial score (nSPS) is 17.8. The number of hydrogen-bond acceptors (Lipinski definition) is 4. The largest absolute Gasteiger partial charge is 0.455 e. The zero-order chi connectivity index (χ0) is 20.2. The van der Waals surface area contributed by atoms with Crippen molar-refractivity contribution < 1.29 is 9.21 Å². The van der Waals surface area contributed by atoms with Crippen LogP contribution in [0.5, 0.6) is 0 Å². The third-order valence-corrected chi connectivity index (χ3v) is 5.74. The van der Waals surface area contributed by atoms with Crippen molar-refractivity contribution in [1.29, 1.82) is 0 Å². The number of furan rings is 1. The molecular weight excluding hydrogens is 384 g/mol. The third kappa shape index (κ3) is 4.50. The number of anilines is 1. The van der Waals surface area contributed by atoms with Crippen molar-refractivity contribution in [2.45, 2.75) is 57.9 Å². The number of para-hydroxylation sites is 1. The molecule has 1 fully saturated rings. The van der Waals surface area contributed by atoms with Gasteiger partial charge in [-0.3, -0.25) is 10.2 Å². The summed E-state index contributed by atoms with van der Waals surface area (Å²) in [6, 6.07) is 9.98. The summed E-state index contributed by atoms with van der Waals surface area (Å²) < 4.78 is 5.97. The molecule has 6 nitrogen and oxygen atoms in total. The molecule has 0 saturated heterocycles. The van der Waals surface area contributed by atoms with E-state index < -0.39 is 0 Å². The van der Waals surface area contributed by atoms with Crippen molar-refractivity contribution in [3.8, 4) is 0 Å². The predicted molar refractivity (Wildman–Crippen MR) is 118 cm³/mol. The van der Waals surface area contributed by atoms with Crippen LogP contribution in [-0.4, -0.2) is 22.8 Å². The average Bonchev–Trinajstić information content (AvgIpc) is 3.35. The van der Waals surface area contributed by atoms with Gasteiger partial charge in [-0.05, 0) is 57.0 Å². The molecule has 29 heavy (non-hydrogen) atoms. The van der Waals surface area contributed by atoms with Crippen LogP contribution in [-0.2, 0) is 6.42 Å². The van der Waals surface area contributed by atoms with Crippen molar-refractivity contribution >= 4 is 34.6 Å². The fraction of sp³-hybridized carbons (Fsp3) is 0.409. The second-order valence-corrected chi connectivity index (χ2v) is 8.06. The number of thiocarbonyl (C=S) groups is 1. The standard InChI is InChI=1S/C22H26N4O2S/c1-14-19-17(25-26-22(29)24-16-8-3-2-4-9-16)12-7-13-18(19)28-20(14)21(27)23-15-10-5-6-11-15/h2-4,8-9,15H,5-7,10-13H2,1H3,(H,23,27)(H2,24,26,29)/b25-17+. The van der Waals surface area contributed by atoms with Gasteiger partial charge in [0.15, 0.2) is 10.9 Å². The van der Waals surface area contributed by atoms with E-state index in [-0.39, 0.29) is 11.9 Å². The molecule has 152 valence electrons. The zero-order valence-corrected chi connectivity index (χ0v) is 17.4. The van der Waals surface area contributed by atoms with Gasteiger partial charge in [-0.15, -0.1) is 0 Å². The van der Waals surface area contributed by atoms with Crippen LogP contribution >= 0.6 is 12.2 Å². The number of aryl methyl sites for hydroxylation is 1. The Morgan fingerprint density at radius 2 is 1.90 bits per heavy atom. The maximum absolute atomic E-state index is 12.7. The van der Waals surface area contributed by atoms with E-state index in [0.29, 0.717) is 10.9 Å². The number of nitrogens with one attached hydrogen (secondary N) is 3. The number of carbonyl (C=O) groups excluding carboxylic acids is 1. The lowest BCUT2D eigenvalue weighted by atomic mass is 9.93. The molecule has 1 saturated carbocycles. The highest BCUT2D eigenvalue weighted by Gasteiger charge is 2.29. The summed E-state index contributed by atoms with van der Waals surface area (Å²) in [4.78, 5) is 12.7. The molecule has 2 aliphatic carbocycles. The second kappa shape index (κ2) is 8.78. The molecule has 7 heteroatoms. The van der Waals surface area contributed by atoms with Gasteiger partial charge in [0, 0.05) is 29.3 Å². The van der Waals surface area contributed by atoms with Crippen molar-refractivity contribution in [2.75, 3.05) is 5.32 Å². The number of hydrazone groups is 1. The van der Waals surface area contributed by atoms with E-state index in [4.69, 9.17) is 16.6 Å². The Kier molecular flexibility index (Phi) is 5.94. The molecule has 1 aromatic carbocycles. The molecule has 4 rings (SSSR count). The fourth-order valence-corrected chi connectivity index (χ4v) is 4.28. The molecule has 0 atom stereocenters. The summed E-state index contributed by atoms with van der Waals surface area (Å²) in [7, 11) is 0. The van der Waals surface area contributed by atoms with Crippen molar-refractivity contribution in [3.05, 3.63) is 53.0 Å². The summed E-state index contributed by atoms with van der Waals surface area (Å²) in [6.07, 6.45) is 7.02. The Morgan fingerprint density at radius 3 is 2.66 bits per heavy atom. The molecule has 0 bridgehead atoms. The highest BCUT2D eigenvalue weighted by atomic mass is 32.1. The van der Waals surface area contributed by atoms with Gasteiger partial charge in [-0.25, -0.2) is 0 Å². The van der Waals surface area contributed by atoms with E-state index in [9.17, 15) is 4.79 Å². The lowest BCUT2D eigenvalue weighted by Crippen LogP contribution is -2.32. The van der Waals surface area contributed by atoms with Gasteiger partial charge < -0.3 is 15.1 Å². The first kappa shape index (κ1) is 19.6. The molecule has 2 aliphatic rings. The van der Waals surface area contributed by atoms with Crippen LogP contribution in [0.15, 0.2) is 39.9 Å². The Morgan fingerprint density at radius 1 is 1.14 bits per heavy atom. The van der Waals surface area contributed by atoms with Gasteiger partial charge in [0.1, 0.15) is 5.76 Å². The van der Waals surface area contributed by atoms with E-state index in [0.717, 1.165) is 60.4 Å².